The molecule has 218 valence electrons. The summed E-state index contributed by atoms with van der Waals surface area (Å²) in [4.78, 5) is 3.02. The first-order chi connectivity index (χ1) is 18.2. The largest absolute Gasteiger partial charge is 0.352 e. The first-order valence-electron chi connectivity index (χ1n) is 14.8. The predicted octanol–water partition coefficient (Wildman–Crippen LogP) is 11.6. The molecule has 0 bridgehead atoms. The second-order valence-corrected chi connectivity index (χ2v) is 13.3. The first kappa shape index (κ1) is 34.6. The Morgan fingerprint density at radius 1 is 0.487 bits per heavy atom. The van der Waals surface area contributed by atoms with Crippen LogP contribution >= 0.6 is 11.3 Å². The topological polar surface area (TPSA) is 14.8 Å². The van der Waals surface area contributed by atoms with Gasteiger partial charge in [0, 0.05) is 65.1 Å². The van der Waals surface area contributed by atoms with Crippen molar-refractivity contribution in [2.45, 2.75) is 126 Å². The summed E-state index contributed by atoms with van der Waals surface area (Å²) < 4.78 is 6.62. The van der Waals surface area contributed by atoms with Crippen molar-refractivity contribution in [2.75, 3.05) is 0 Å². The van der Waals surface area contributed by atoms with Gasteiger partial charge in [-0.1, -0.05) is 41.5 Å². The van der Waals surface area contributed by atoms with Crippen molar-refractivity contribution in [3.8, 4) is 0 Å². The smallest absolute Gasteiger partial charge is 0.0274 e. The van der Waals surface area contributed by atoms with Crippen LogP contribution in [0.25, 0.3) is 0 Å². The third-order valence-corrected chi connectivity index (χ3v) is 8.15. The first-order valence-corrected chi connectivity index (χ1v) is 15.6. The van der Waals surface area contributed by atoms with Crippen molar-refractivity contribution >= 4 is 11.3 Å². The summed E-state index contributed by atoms with van der Waals surface area (Å²) in [5, 5.41) is 0. The maximum atomic E-state index is 2.25. The minimum absolute atomic E-state index is 0.586. The number of aromatic nitrogens is 3. The molecule has 0 unspecified atom stereocenters. The maximum Gasteiger partial charge on any atom is 0.0274 e. The van der Waals surface area contributed by atoms with Crippen molar-refractivity contribution < 1.29 is 0 Å². The minimum Gasteiger partial charge on any atom is -0.352 e. The molecule has 0 amide bonds. The molecule has 0 saturated carbocycles. The molecule has 3 nitrogen and oxygen atoms in total. The molecule has 0 saturated heterocycles. The van der Waals surface area contributed by atoms with Crippen LogP contribution in [0.4, 0.5) is 0 Å². The molecule has 4 heteroatoms. The van der Waals surface area contributed by atoms with Crippen LogP contribution < -0.4 is 0 Å². The highest BCUT2D eigenvalue weighted by Crippen LogP contribution is 2.28. The molecule has 0 radical (unpaired) electrons. The molecule has 0 N–H and O–H groups in total. The molecule has 0 aliphatic heterocycles. The Morgan fingerprint density at radius 3 is 1.15 bits per heavy atom. The van der Waals surface area contributed by atoms with Crippen LogP contribution in [-0.2, 0) is 0 Å². The molecular weight excluding hydrogens is 494 g/mol. The lowest BCUT2D eigenvalue weighted by molar-refractivity contribution is 0.601. The Kier molecular flexibility index (Phi) is 15.3. The zero-order valence-electron chi connectivity index (χ0n) is 27.1. The molecule has 4 aromatic heterocycles. The lowest BCUT2D eigenvalue weighted by Gasteiger charge is -2.06. The van der Waals surface area contributed by atoms with Crippen LogP contribution in [0.1, 0.15) is 140 Å². The van der Waals surface area contributed by atoms with E-state index in [-0.39, 0.29) is 0 Å². The van der Waals surface area contributed by atoms with E-state index < -0.39 is 0 Å². The minimum atomic E-state index is 0.586. The number of hydrogen-bond acceptors (Lipinski definition) is 1. The summed E-state index contributed by atoms with van der Waals surface area (Å²) in [7, 11) is 0. The molecule has 0 aromatic carbocycles. The molecule has 39 heavy (non-hydrogen) atoms. The second kappa shape index (κ2) is 17.3. The Bertz CT molecular complexity index is 1040. The van der Waals surface area contributed by atoms with E-state index in [1.165, 1.54) is 20.9 Å². The van der Waals surface area contributed by atoms with Crippen molar-refractivity contribution in [3.63, 3.8) is 0 Å². The van der Waals surface area contributed by atoms with E-state index in [9.17, 15) is 0 Å². The van der Waals surface area contributed by atoms with Crippen LogP contribution in [0.15, 0.2) is 73.6 Å². The fraction of sp³-hybridized carbons (Fsp3) is 0.543. The van der Waals surface area contributed by atoms with Crippen molar-refractivity contribution in [1.82, 2.24) is 13.7 Å². The zero-order chi connectivity index (χ0) is 29.7. The molecule has 4 rings (SSSR count). The average molecular weight is 552 g/mol. The molecule has 4 aromatic rings. The van der Waals surface area contributed by atoms with Gasteiger partial charge in [-0.2, -0.15) is 0 Å². The predicted molar refractivity (Wildman–Crippen MR) is 176 cm³/mol. The number of aryl methyl sites for hydroxylation is 1. The second-order valence-electron chi connectivity index (χ2n) is 12.1. The summed E-state index contributed by atoms with van der Waals surface area (Å²) in [6, 6.07) is 14.7. The SMILES string of the molecule is CC(C)c1ccc(C(C)C)s1.CC(C)c1ccn(C(C)C)c1.CC(C)n1cccc1.Cc1ccn(C(C)C)c1. The third kappa shape index (κ3) is 13.0. The molecule has 0 aliphatic rings. The summed E-state index contributed by atoms with van der Waals surface area (Å²) in [5.74, 6) is 2.02. The standard InChI is InChI=1S/C10H17N.C10H16S.C8H13N.C7H11N/c1-8(2)10-5-6-11(7-10)9(3)4;1-7(2)9-5-6-10(11-9)8(3)4;1-7(2)9-5-4-8(3)6-9;1-7(2)8-5-3-4-6-8/h5-9H,1-4H3;5-8H,1-4H3;4-7H,1-3H3;3-7H,1-2H3. The van der Waals surface area contributed by atoms with Gasteiger partial charge in [-0.15, -0.1) is 11.3 Å². The van der Waals surface area contributed by atoms with Gasteiger partial charge in [-0.05, 0) is 114 Å². The van der Waals surface area contributed by atoms with E-state index in [2.05, 4.69) is 165 Å². The summed E-state index contributed by atoms with van der Waals surface area (Å²) in [6.45, 7) is 28.6. The quantitative estimate of drug-likeness (QED) is 0.226. The van der Waals surface area contributed by atoms with Crippen LogP contribution in [0.3, 0.4) is 0 Å². The highest BCUT2D eigenvalue weighted by atomic mass is 32.1. The van der Waals surface area contributed by atoms with Gasteiger partial charge in [0.2, 0.25) is 0 Å². The Morgan fingerprint density at radius 2 is 0.923 bits per heavy atom. The highest BCUT2D eigenvalue weighted by molar-refractivity contribution is 7.12. The highest BCUT2D eigenvalue weighted by Gasteiger charge is 2.06. The summed E-state index contributed by atoms with van der Waals surface area (Å²) in [6.07, 6.45) is 12.8. The molecule has 0 fully saturated rings. The summed E-state index contributed by atoms with van der Waals surface area (Å²) >= 11 is 1.95. The van der Waals surface area contributed by atoms with Gasteiger partial charge in [-0.3, -0.25) is 0 Å². The van der Waals surface area contributed by atoms with E-state index in [1.807, 2.05) is 23.5 Å². The molecule has 4 heterocycles. The van der Waals surface area contributed by atoms with Crippen molar-refractivity contribution in [3.05, 3.63) is 94.5 Å². The number of hydrogen-bond donors (Lipinski definition) is 0. The average Bonchev–Trinajstić information content (AvgIpc) is 3.67. The number of thiophene rings is 1. The number of nitrogens with zero attached hydrogens (tertiary/aromatic N) is 3. The van der Waals surface area contributed by atoms with Gasteiger partial charge in [0.1, 0.15) is 0 Å². The molecule has 0 aliphatic carbocycles. The normalized spacial score (nSPS) is 11.1. The summed E-state index contributed by atoms with van der Waals surface area (Å²) in [5.41, 5.74) is 2.77. The molecular formula is C35H57N3S. The van der Waals surface area contributed by atoms with Gasteiger partial charge in [0.25, 0.3) is 0 Å². The van der Waals surface area contributed by atoms with E-state index in [0.29, 0.717) is 35.9 Å². The number of rotatable bonds is 6. The Balaban J connectivity index is 0.000000262. The van der Waals surface area contributed by atoms with Crippen LogP contribution in [0, 0.1) is 6.92 Å². The zero-order valence-corrected chi connectivity index (χ0v) is 28.0. The lowest BCUT2D eigenvalue weighted by Crippen LogP contribution is -1.96. The Hall–Kier alpha value is -2.46. The van der Waals surface area contributed by atoms with Gasteiger partial charge in [0.15, 0.2) is 0 Å². The van der Waals surface area contributed by atoms with E-state index in [4.69, 9.17) is 0 Å². The fourth-order valence-electron chi connectivity index (χ4n) is 3.62. The van der Waals surface area contributed by atoms with Gasteiger partial charge in [-0.25, -0.2) is 0 Å². The monoisotopic (exact) mass is 551 g/mol. The van der Waals surface area contributed by atoms with E-state index in [0.717, 1.165) is 0 Å². The van der Waals surface area contributed by atoms with Gasteiger partial charge < -0.3 is 13.7 Å². The fourth-order valence-corrected chi connectivity index (χ4v) is 4.64. The van der Waals surface area contributed by atoms with Crippen LogP contribution in [-0.4, -0.2) is 13.7 Å². The maximum absolute atomic E-state index is 2.25. The van der Waals surface area contributed by atoms with Crippen LogP contribution in [0.5, 0.6) is 0 Å². The van der Waals surface area contributed by atoms with Crippen molar-refractivity contribution in [2.24, 2.45) is 0 Å². The lowest BCUT2D eigenvalue weighted by atomic mass is 10.1. The van der Waals surface area contributed by atoms with E-state index in [1.54, 1.807) is 0 Å². The van der Waals surface area contributed by atoms with Gasteiger partial charge >= 0.3 is 0 Å². The Labute approximate surface area is 244 Å². The molecule has 0 atom stereocenters. The van der Waals surface area contributed by atoms with E-state index >= 15 is 0 Å². The molecule has 0 spiro atoms. The van der Waals surface area contributed by atoms with Crippen LogP contribution in [0.2, 0.25) is 0 Å². The third-order valence-electron chi connectivity index (χ3n) is 6.47. The van der Waals surface area contributed by atoms with Crippen molar-refractivity contribution in [1.29, 1.82) is 0 Å². The van der Waals surface area contributed by atoms with Gasteiger partial charge in [0.05, 0.1) is 0 Å².